The molecule has 148 valence electrons. The Morgan fingerprint density at radius 1 is 0.931 bits per heavy atom. The van der Waals surface area contributed by atoms with Crippen LogP contribution in [0.3, 0.4) is 0 Å². The van der Waals surface area contributed by atoms with Gasteiger partial charge in [0.1, 0.15) is 0 Å². The number of amides is 2. The summed E-state index contributed by atoms with van der Waals surface area (Å²) in [7, 11) is 0. The number of carbonyl (C=O) groups excluding carboxylic acids is 2. The highest BCUT2D eigenvalue weighted by atomic mass is 16.2. The lowest BCUT2D eigenvalue weighted by molar-refractivity contribution is -0.122. The molecule has 0 radical (unpaired) electrons. The molecule has 0 spiro atoms. The summed E-state index contributed by atoms with van der Waals surface area (Å²) in [6.07, 6.45) is 1.81. The summed E-state index contributed by atoms with van der Waals surface area (Å²) in [6, 6.07) is 22.0. The number of nitrogens with zero attached hydrogens (tertiary/aromatic N) is 1. The van der Waals surface area contributed by atoms with Crippen molar-refractivity contribution in [2.45, 2.75) is 19.3 Å². The minimum Gasteiger partial charge on any atom is -0.370 e. The first-order valence-corrected chi connectivity index (χ1v) is 10.0. The SMILES string of the molecule is NC(=O)C1CCN(c2ccccc2NC(=O)Cc2cccc3ccccc23)CC1. The fraction of sp³-hybridized carbons (Fsp3) is 0.250. The minimum atomic E-state index is -0.221. The lowest BCUT2D eigenvalue weighted by atomic mass is 9.96. The monoisotopic (exact) mass is 387 g/mol. The summed E-state index contributed by atoms with van der Waals surface area (Å²) in [5, 5.41) is 5.32. The fourth-order valence-electron chi connectivity index (χ4n) is 4.07. The van der Waals surface area contributed by atoms with E-state index in [9.17, 15) is 9.59 Å². The number of para-hydroxylation sites is 2. The van der Waals surface area contributed by atoms with Crippen LogP contribution in [0.4, 0.5) is 11.4 Å². The Hall–Kier alpha value is -3.34. The summed E-state index contributed by atoms with van der Waals surface area (Å²) in [4.78, 5) is 26.4. The van der Waals surface area contributed by atoms with Crippen LogP contribution in [0, 0.1) is 5.92 Å². The number of carbonyl (C=O) groups is 2. The predicted molar refractivity (Wildman–Crippen MR) is 117 cm³/mol. The van der Waals surface area contributed by atoms with Gasteiger partial charge in [0.05, 0.1) is 17.8 Å². The van der Waals surface area contributed by atoms with E-state index in [1.807, 2.05) is 48.5 Å². The third-order valence-electron chi connectivity index (χ3n) is 5.65. The van der Waals surface area contributed by atoms with E-state index in [1.165, 1.54) is 0 Å². The first-order chi connectivity index (χ1) is 14.1. The van der Waals surface area contributed by atoms with Crippen molar-refractivity contribution in [1.82, 2.24) is 0 Å². The fourth-order valence-corrected chi connectivity index (χ4v) is 4.07. The largest absolute Gasteiger partial charge is 0.370 e. The van der Waals surface area contributed by atoms with Crippen LogP contribution >= 0.6 is 0 Å². The molecule has 5 nitrogen and oxygen atoms in total. The van der Waals surface area contributed by atoms with Gasteiger partial charge in [-0.3, -0.25) is 9.59 Å². The molecule has 3 N–H and O–H groups in total. The first-order valence-electron chi connectivity index (χ1n) is 10.0. The average molecular weight is 387 g/mol. The van der Waals surface area contributed by atoms with E-state index in [0.717, 1.165) is 53.6 Å². The van der Waals surface area contributed by atoms with Crippen LogP contribution in [-0.2, 0) is 16.0 Å². The van der Waals surface area contributed by atoms with Crippen molar-refractivity contribution < 1.29 is 9.59 Å². The van der Waals surface area contributed by atoms with Gasteiger partial charge in [0.15, 0.2) is 0 Å². The maximum Gasteiger partial charge on any atom is 0.228 e. The third-order valence-corrected chi connectivity index (χ3v) is 5.65. The number of hydrogen-bond acceptors (Lipinski definition) is 3. The molecule has 0 atom stereocenters. The highest BCUT2D eigenvalue weighted by Crippen LogP contribution is 2.30. The normalized spacial score (nSPS) is 14.7. The lowest BCUT2D eigenvalue weighted by Gasteiger charge is -2.33. The van der Waals surface area contributed by atoms with Crippen LogP contribution in [0.15, 0.2) is 66.7 Å². The van der Waals surface area contributed by atoms with E-state index in [0.29, 0.717) is 6.42 Å². The first kappa shape index (κ1) is 19.0. The van der Waals surface area contributed by atoms with Crippen molar-refractivity contribution in [1.29, 1.82) is 0 Å². The van der Waals surface area contributed by atoms with Gasteiger partial charge in [0.25, 0.3) is 0 Å². The lowest BCUT2D eigenvalue weighted by Crippen LogP contribution is -2.38. The second-order valence-electron chi connectivity index (χ2n) is 7.54. The number of nitrogens with one attached hydrogen (secondary N) is 1. The molecule has 3 aromatic rings. The zero-order valence-corrected chi connectivity index (χ0v) is 16.3. The van der Waals surface area contributed by atoms with E-state index in [4.69, 9.17) is 5.73 Å². The smallest absolute Gasteiger partial charge is 0.228 e. The molecule has 0 saturated carbocycles. The number of hydrogen-bond donors (Lipinski definition) is 2. The third kappa shape index (κ3) is 4.24. The highest BCUT2D eigenvalue weighted by Gasteiger charge is 2.24. The molecule has 3 aromatic carbocycles. The van der Waals surface area contributed by atoms with Crippen molar-refractivity contribution in [3.63, 3.8) is 0 Å². The van der Waals surface area contributed by atoms with Gasteiger partial charge in [0.2, 0.25) is 11.8 Å². The quantitative estimate of drug-likeness (QED) is 0.701. The molecule has 4 rings (SSSR count). The van der Waals surface area contributed by atoms with Gasteiger partial charge in [-0.05, 0) is 41.3 Å². The zero-order chi connectivity index (χ0) is 20.2. The minimum absolute atomic E-state index is 0.0409. The van der Waals surface area contributed by atoms with Gasteiger partial charge in [-0.15, -0.1) is 0 Å². The summed E-state index contributed by atoms with van der Waals surface area (Å²) in [5.41, 5.74) is 8.25. The van der Waals surface area contributed by atoms with E-state index in [-0.39, 0.29) is 17.7 Å². The molecule has 5 heteroatoms. The summed E-state index contributed by atoms with van der Waals surface area (Å²) < 4.78 is 0. The van der Waals surface area contributed by atoms with Gasteiger partial charge in [-0.25, -0.2) is 0 Å². The van der Waals surface area contributed by atoms with Crippen LogP contribution in [0.1, 0.15) is 18.4 Å². The molecule has 29 heavy (non-hydrogen) atoms. The average Bonchev–Trinajstić information content (AvgIpc) is 2.74. The van der Waals surface area contributed by atoms with Crippen molar-refractivity contribution in [3.8, 4) is 0 Å². The van der Waals surface area contributed by atoms with E-state index >= 15 is 0 Å². The number of nitrogens with two attached hydrogens (primary N) is 1. The van der Waals surface area contributed by atoms with Crippen molar-refractivity contribution in [3.05, 3.63) is 72.3 Å². The Kier molecular flexibility index (Phi) is 5.47. The number of benzene rings is 3. The Morgan fingerprint density at radius 3 is 2.41 bits per heavy atom. The molecule has 2 amide bonds. The van der Waals surface area contributed by atoms with Crippen LogP contribution in [-0.4, -0.2) is 24.9 Å². The van der Waals surface area contributed by atoms with Gasteiger partial charge in [-0.1, -0.05) is 54.6 Å². The van der Waals surface area contributed by atoms with Crippen LogP contribution in [0.5, 0.6) is 0 Å². The van der Waals surface area contributed by atoms with Crippen LogP contribution < -0.4 is 16.0 Å². The van der Waals surface area contributed by atoms with Crippen molar-refractivity contribution >= 4 is 34.0 Å². The molecular weight excluding hydrogens is 362 g/mol. The number of primary amides is 1. The second kappa shape index (κ2) is 8.35. The standard InChI is InChI=1S/C24H25N3O2/c25-24(29)18-12-14-27(15-13-18)22-11-4-3-10-21(22)26-23(28)16-19-8-5-7-17-6-1-2-9-20(17)19/h1-11,18H,12-16H2,(H2,25,29)(H,26,28). The molecule has 1 aliphatic rings. The van der Waals surface area contributed by atoms with E-state index in [2.05, 4.69) is 28.4 Å². The Bertz CT molecular complexity index is 1030. The van der Waals surface area contributed by atoms with E-state index in [1.54, 1.807) is 0 Å². The molecule has 0 aromatic heterocycles. The van der Waals surface area contributed by atoms with Crippen LogP contribution in [0.2, 0.25) is 0 Å². The molecule has 1 fully saturated rings. The van der Waals surface area contributed by atoms with Gasteiger partial charge < -0.3 is 16.0 Å². The summed E-state index contributed by atoms with van der Waals surface area (Å²) >= 11 is 0. The second-order valence-corrected chi connectivity index (χ2v) is 7.54. The van der Waals surface area contributed by atoms with Crippen LogP contribution in [0.25, 0.3) is 10.8 Å². The number of piperidine rings is 1. The molecule has 1 heterocycles. The van der Waals surface area contributed by atoms with Crippen molar-refractivity contribution in [2.24, 2.45) is 11.7 Å². The van der Waals surface area contributed by atoms with Gasteiger partial charge in [0, 0.05) is 19.0 Å². The summed E-state index contributed by atoms with van der Waals surface area (Å²) in [5.74, 6) is -0.318. The maximum atomic E-state index is 12.8. The van der Waals surface area contributed by atoms with Gasteiger partial charge >= 0.3 is 0 Å². The Morgan fingerprint density at radius 2 is 1.62 bits per heavy atom. The van der Waals surface area contributed by atoms with Crippen molar-refractivity contribution in [2.75, 3.05) is 23.3 Å². The Labute approximate surface area is 170 Å². The molecule has 1 saturated heterocycles. The molecule has 1 aliphatic heterocycles. The number of fused-ring (bicyclic) bond motifs is 1. The highest BCUT2D eigenvalue weighted by molar-refractivity contribution is 5.98. The molecule has 0 bridgehead atoms. The number of rotatable bonds is 5. The zero-order valence-electron chi connectivity index (χ0n) is 16.3. The maximum absolute atomic E-state index is 12.8. The predicted octanol–water partition coefficient (Wildman–Crippen LogP) is 3.72. The molecular formula is C24H25N3O2. The molecule has 0 unspecified atom stereocenters. The van der Waals surface area contributed by atoms with E-state index < -0.39 is 0 Å². The Balaban J connectivity index is 1.48. The topological polar surface area (TPSA) is 75.4 Å². The van der Waals surface area contributed by atoms with Gasteiger partial charge in [-0.2, -0.15) is 0 Å². The molecule has 0 aliphatic carbocycles. The number of anilines is 2. The summed E-state index contributed by atoms with van der Waals surface area (Å²) in [6.45, 7) is 1.51.